The number of nitrogens with one attached hydrogen (secondary N) is 2. The molecule has 2 aliphatic heterocycles. The maximum absolute atomic E-state index is 13.9. The molecule has 3 amide bonds. The van der Waals surface area contributed by atoms with E-state index in [2.05, 4.69) is 34.9 Å². The summed E-state index contributed by atoms with van der Waals surface area (Å²) in [6.45, 7) is 1.80. The van der Waals surface area contributed by atoms with Crippen molar-refractivity contribution in [2.24, 2.45) is 5.92 Å². The van der Waals surface area contributed by atoms with Crippen LogP contribution < -0.4 is 10.6 Å². The second-order valence-corrected chi connectivity index (χ2v) is 8.92. The van der Waals surface area contributed by atoms with E-state index in [4.69, 9.17) is 0 Å². The maximum atomic E-state index is 13.9. The molecule has 5 nitrogen and oxygen atoms in total. The molecule has 0 saturated carbocycles. The number of carbonyl (C=O) groups is 2. The van der Waals surface area contributed by atoms with E-state index in [1.54, 1.807) is 4.90 Å². The van der Waals surface area contributed by atoms with E-state index in [9.17, 15) is 9.59 Å². The van der Waals surface area contributed by atoms with Crippen LogP contribution in [0.25, 0.3) is 0 Å². The number of rotatable bonds is 5. The first-order chi connectivity index (χ1) is 14.7. The van der Waals surface area contributed by atoms with Crippen molar-refractivity contribution in [3.63, 3.8) is 0 Å². The fourth-order valence-electron chi connectivity index (χ4n) is 5.61. The number of urea groups is 1. The van der Waals surface area contributed by atoms with Crippen molar-refractivity contribution in [2.45, 2.75) is 50.1 Å². The number of piperidine rings is 1. The number of hydrogen-bond donors (Lipinski definition) is 2. The molecule has 2 aromatic carbocycles. The van der Waals surface area contributed by atoms with Crippen molar-refractivity contribution in [3.05, 3.63) is 71.3 Å². The van der Waals surface area contributed by atoms with E-state index in [0.29, 0.717) is 6.42 Å². The molecule has 0 bridgehead atoms. The Bertz CT molecular complexity index is 913. The van der Waals surface area contributed by atoms with E-state index >= 15 is 0 Å². The van der Waals surface area contributed by atoms with Gasteiger partial charge in [0.15, 0.2) is 0 Å². The Kier molecular flexibility index (Phi) is 5.07. The fraction of sp³-hybridized carbons (Fsp3) is 0.440. The van der Waals surface area contributed by atoms with Crippen LogP contribution >= 0.6 is 0 Å². The van der Waals surface area contributed by atoms with Gasteiger partial charge < -0.3 is 10.6 Å². The first-order valence-electron chi connectivity index (χ1n) is 11.1. The highest BCUT2D eigenvalue weighted by molar-refractivity contribution is 6.07. The molecule has 2 fully saturated rings. The largest absolute Gasteiger partial charge is 0.325 e. The molecule has 156 valence electrons. The molecule has 30 heavy (non-hydrogen) atoms. The normalized spacial score (nSPS) is 24.9. The Hall–Kier alpha value is -2.66. The van der Waals surface area contributed by atoms with Gasteiger partial charge in [-0.3, -0.25) is 9.69 Å². The molecule has 2 saturated heterocycles. The monoisotopic (exact) mass is 403 g/mol. The minimum atomic E-state index is -0.788. The summed E-state index contributed by atoms with van der Waals surface area (Å²) in [5.41, 5.74) is 2.93. The smallest absolute Gasteiger partial charge is 0.323 e. The predicted octanol–water partition coefficient (Wildman–Crippen LogP) is 3.08. The van der Waals surface area contributed by atoms with Gasteiger partial charge in [0.1, 0.15) is 5.54 Å². The van der Waals surface area contributed by atoms with Crippen molar-refractivity contribution in [3.8, 4) is 0 Å². The Labute approximate surface area is 177 Å². The van der Waals surface area contributed by atoms with Crippen LogP contribution in [0.1, 0.15) is 36.0 Å². The highest BCUT2D eigenvalue weighted by atomic mass is 16.2. The van der Waals surface area contributed by atoms with Crippen LogP contribution in [0, 0.1) is 5.92 Å². The lowest BCUT2D eigenvalue weighted by Crippen LogP contribution is -2.56. The van der Waals surface area contributed by atoms with E-state index in [1.807, 2.05) is 30.3 Å². The van der Waals surface area contributed by atoms with Crippen LogP contribution in [-0.4, -0.2) is 41.5 Å². The maximum Gasteiger partial charge on any atom is 0.325 e. The lowest BCUT2D eigenvalue weighted by molar-refractivity contribution is -0.135. The summed E-state index contributed by atoms with van der Waals surface area (Å²) >= 11 is 0. The second kappa shape index (κ2) is 7.88. The number of carbonyl (C=O) groups excluding carboxylic acids is 2. The third kappa shape index (κ3) is 3.31. The summed E-state index contributed by atoms with van der Waals surface area (Å²) in [4.78, 5) is 28.7. The summed E-state index contributed by atoms with van der Waals surface area (Å²) < 4.78 is 0. The van der Waals surface area contributed by atoms with Gasteiger partial charge in [0.2, 0.25) is 0 Å². The molecular formula is C25H29N3O2. The molecule has 0 spiro atoms. The summed E-state index contributed by atoms with van der Waals surface area (Å²) in [6.07, 6.45) is 4.80. The first kappa shape index (κ1) is 19.3. The molecule has 3 aliphatic rings. The number of aryl methyl sites for hydroxylation is 1. The third-order valence-electron chi connectivity index (χ3n) is 7.23. The van der Waals surface area contributed by atoms with Gasteiger partial charge in [-0.15, -0.1) is 0 Å². The lowest BCUT2D eigenvalue weighted by Gasteiger charge is -2.38. The number of benzene rings is 2. The predicted molar refractivity (Wildman–Crippen MR) is 116 cm³/mol. The van der Waals surface area contributed by atoms with Gasteiger partial charge >= 0.3 is 6.03 Å². The molecule has 1 aliphatic carbocycles. The van der Waals surface area contributed by atoms with Crippen LogP contribution in [-0.2, 0) is 24.1 Å². The minimum Gasteiger partial charge on any atom is -0.323 e. The molecule has 0 unspecified atom stereocenters. The Morgan fingerprint density at radius 3 is 2.20 bits per heavy atom. The average Bonchev–Trinajstić information content (AvgIpc) is 3.32. The number of nitrogens with zero attached hydrogens (tertiary/aromatic N) is 1. The Morgan fingerprint density at radius 1 is 0.900 bits per heavy atom. The summed E-state index contributed by atoms with van der Waals surface area (Å²) in [5.74, 6) is 0.167. The standard InChI is InChI=1S/C25H29N3O2/c29-23-25(21-11-14-26-15-12-21,13-10-18-6-2-1-3-7-18)27-24(30)28(23)22-16-19-8-4-5-9-20(19)17-22/h1-9,21-22,26H,10-17H2,(H,27,30)/t25-/m1/s1. The zero-order chi connectivity index (χ0) is 20.6. The molecule has 5 heteroatoms. The van der Waals surface area contributed by atoms with Crippen molar-refractivity contribution in [2.75, 3.05) is 13.1 Å². The van der Waals surface area contributed by atoms with Crippen molar-refractivity contribution < 1.29 is 9.59 Å². The molecule has 1 atom stereocenters. The van der Waals surface area contributed by atoms with Crippen molar-refractivity contribution >= 4 is 11.9 Å². The first-order valence-corrected chi connectivity index (χ1v) is 11.1. The van der Waals surface area contributed by atoms with Gasteiger partial charge in [-0.05, 0) is 74.2 Å². The zero-order valence-corrected chi connectivity index (χ0v) is 17.3. The van der Waals surface area contributed by atoms with E-state index in [-0.39, 0.29) is 23.9 Å². The number of amides is 3. The number of imide groups is 1. The summed E-state index contributed by atoms with van der Waals surface area (Å²) in [6, 6.07) is 18.3. The minimum absolute atomic E-state index is 0.00635. The molecule has 2 aromatic rings. The quantitative estimate of drug-likeness (QED) is 0.755. The van der Waals surface area contributed by atoms with Crippen LogP contribution in [0.4, 0.5) is 4.79 Å². The topological polar surface area (TPSA) is 61.4 Å². The van der Waals surface area contributed by atoms with E-state index in [0.717, 1.165) is 45.2 Å². The van der Waals surface area contributed by atoms with Gasteiger partial charge in [-0.1, -0.05) is 54.6 Å². The highest BCUT2D eigenvalue weighted by Crippen LogP contribution is 2.38. The van der Waals surface area contributed by atoms with E-state index < -0.39 is 5.54 Å². The van der Waals surface area contributed by atoms with Gasteiger partial charge in [-0.25, -0.2) is 4.79 Å². The average molecular weight is 404 g/mol. The zero-order valence-electron chi connectivity index (χ0n) is 17.3. The molecule has 2 heterocycles. The van der Waals surface area contributed by atoms with Gasteiger partial charge in [0.25, 0.3) is 5.91 Å². The van der Waals surface area contributed by atoms with Gasteiger partial charge in [0, 0.05) is 6.04 Å². The van der Waals surface area contributed by atoms with Crippen molar-refractivity contribution in [1.82, 2.24) is 15.5 Å². The van der Waals surface area contributed by atoms with Crippen LogP contribution in [0.2, 0.25) is 0 Å². The number of fused-ring (bicyclic) bond motifs is 1. The Morgan fingerprint density at radius 2 is 1.53 bits per heavy atom. The Balaban J connectivity index is 1.42. The van der Waals surface area contributed by atoms with Crippen LogP contribution in [0.3, 0.4) is 0 Å². The summed E-state index contributed by atoms with van der Waals surface area (Å²) in [5, 5.41) is 6.62. The summed E-state index contributed by atoms with van der Waals surface area (Å²) in [7, 11) is 0. The van der Waals surface area contributed by atoms with Gasteiger partial charge in [0.05, 0.1) is 0 Å². The van der Waals surface area contributed by atoms with Gasteiger partial charge in [-0.2, -0.15) is 0 Å². The number of hydrogen-bond acceptors (Lipinski definition) is 3. The van der Waals surface area contributed by atoms with E-state index in [1.165, 1.54) is 16.7 Å². The molecule has 2 N–H and O–H groups in total. The van der Waals surface area contributed by atoms with Crippen LogP contribution in [0.15, 0.2) is 54.6 Å². The third-order valence-corrected chi connectivity index (χ3v) is 7.23. The molecular weight excluding hydrogens is 374 g/mol. The van der Waals surface area contributed by atoms with Crippen LogP contribution in [0.5, 0.6) is 0 Å². The molecule has 0 aromatic heterocycles. The highest BCUT2D eigenvalue weighted by Gasteiger charge is 2.57. The second-order valence-electron chi connectivity index (χ2n) is 8.92. The molecule has 0 radical (unpaired) electrons. The lowest BCUT2D eigenvalue weighted by atomic mass is 9.74. The SMILES string of the molecule is O=C1N[C@](CCc2ccccc2)(C2CCNCC2)C(=O)N1C1Cc2ccccc2C1. The fourth-order valence-corrected chi connectivity index (χ4v) is 5.61. The van der Waals surface area contributed by atoms with Crippen molar-refractivity contribution in [1.29, 1.82) is 0 Å². The molecule has 5 rings (SSSR count).